The van der Waals surface area contributed by atoms with E-state index in [1.165, 1.54) is 5.01 Å². The summed E-state index contributed by atoms with van der Waals surface area (Å²) in [7, 11) is 0. The lowest BCUT2D eigenvalue weighted by atomic mass is 9.82. The summed E-state index contributed by atoms with van der Waals surface area (Å²) in [4.78, 5) is 14.0. The molecule has 2 aromatic carbocycles. The number of anilines is 1. The topological polar surface area (TPSA) is 52.9 Å². The van der Waals surface area contributed by atoms with Gasteiger partial charge in [0.1, 0.15) is 11.2 Å². The van der Waals surface area contributed by atoms with E-state index in [2.05, 4.69) is 5.10 Å². The summed E-state index contributed by atoms with van der Waals surface area (Å²) in [5.41, 5.74) is 1.54. The molecule has 0 bridgehead atoms. The molecule has 2 aromatic rings. The van der Waals surface area contributed by atoms with E-state index >= 15 is 0 Å². The Bertz CT molecular complexity index is 850. The predicted molar refractivity (Wildman–Crippen MR) is 92.4 cm³/mol. The minimum Gasteiger partial charge on any atom is -0.508 e. The molecule has 1 unspecified atom stereocenters. The van der Waals surface area contributed by atoms with Gasteiger partial charge in [-0.05, 0) is 49.4 Å². The summed E-state index contributed by atoms with van der Waals surface area (Å²) in [5, 5.41) is 16.4. The van der Waals surface area contributed by atoms with Gasteiger partial charge in [0.05, 0.1) is 11.4 Å². The molecule has 2 aliphatic heterocycles. The van der Waals surface area contributed by atoms with Gasteiger partial charge in [0, 0.05) is 21.2 Å². The van der Waals surface area contributed by atoms with Crippen LogP contribution in [0.1, 0.15) is 12.5 Å². The number of amides is 1. The first kappa shape index (κ1) is 14.6. The van der Waals surface area contributed by atoms with Gasteiger partial charge >= 0.3 is 0 Å². The fraction of sp³-hybridized carbons (Fsp3) is 0.176. The monoisotopic (exact) mass is 344 g/mol. The van der Waals surface area contributed by atoms with E-state index in [4.69, 9.17) is 11.6 Å². The smallest absolute Gasteiger partial charge is 0.260 e. The van der Waals surface area contributed by atoms with Crippen molar-refractivity contribution in [3.8, 4) is 5.75 Å². The van der Waals surface area contributed by atoms with Crippen molar-refractivity contribution in [2.75, 3.05) is 10.8 Å². The van der Waals surface area contributed by atoms with Gasteiger partial charge in [-0.1, -0.05) is 11.6 Å². The second kappa shape index (κ2) is 5.01. The molecule has 0 radical (unpaired) electrons. The first-order chi connectivity index (χ1) is 11.0. The Morgan fingerprint density at radius 3 is 2.74 bits per heavy atom. The second-order valence-electron chi connectivity index (χ2n) is 5.84. The SMILES string of the molecule is CC12CSc3ccc(O)cc3C1=NN(c1ccc(Cl)cc1)C2=O. The Morgan fingerprint density at radius 2 is 2.00 bits per heavy atom. The molecule has 4 nitrogen and oxygen atoms in total. The third kappa shape index (κ3) is 2.15. The molecule has 0 fully saturated rings. The maximum Gasteiger partial charge on any atom is 0.260 e. The van der Waals surface area contributed by atoms with Crippen LogP contribution in [0.3, 0.4) is 0 Å². The number of aromatic hydroxyl groups is 1. The fourth-order valence-corrected chi connectivity index (χ4v) is 4.19. The van der Waals surface area contributed by atoms with E-state index in [0.717, 1.165) is 10.5 Å². The standard InChI is InChI=1S/C17H13ClN2O2S/c1-17-9-23-14-7-6-12(21)8-13(14)15(17)19-20(16(17)22)11-4-2-10(18)3-5-11/h2-8,21H,9H2,1H3. The van der Waals surface area contributed by atoms with E-state index in [9.17, 15) is 9.90 Å². The lowest BCUT2D eigenvalue weighted by Gasteiger charge is -2.29. The van der Waals surface area contributed by atoms with Gasteiger partial charge in [-0.25, -0.2) is 0 Å². The Morgan fingerprint density at radius 1 is 1.26 bits per heavy atom. The Kier molecular flexibility index (Phi) is 3.18. The quantitative estimate of drug-likeness (QED) is 0.853. The molecule has 1 amide bonds. The first-order valence-corrected chi connectivity index (χ1v) is 8.51. The van der Waals surface area contributed by atoms with Crippen LogP contribution in [0.25, 0.3) is 0 Å². The number of hydrazone groups is 1. The molecule has 0 spiro atoms. The van der Waals surface area contributed by atoms with Crippen LogP contribution in [0.15, 0.2) is 52.5 Å². The molecule has 6 heteroatoms. The minimum atomic E-state index is -0.689. The largest absolute Gasteiger partial charge is 0.508 e. The molecule has 0 saturated heterocycles. The lowest BCUT2D eigenvalue weighted by Crippen LogP contribution is -2.41. The van der Waals surface area contributed by atoms with E-state index in [1.807, 2.05) is 13.0 Å². The molecule has 116 valence electrons. The van der Waals surface area contributed by atoms with Crippen molar-refractivity contribution < 1.29 is 9.90 Å². The van der Waals surface area contributed by atoms with Crippen molar-refractivity contribution in [2.24, 2.45) is 10.5 Å². The van der Waals surface area contributed by atoms with Gasteiger partial charge in [-0.2, -0.15) is 10.1 Å². The average Bonchev–Trinajstić information content (AvgIpc) is 2.81. The molecule has 0 aromatic heterocycles. The van der Waals surface area contributed by atoms with Crippen molar-refractivity contribution in [2.45, 2.75) is 11.8 Å². The highest BCUT2D eigenvalue weighted by atomic mass is 35.5. The molecule has 1 N–H and O–H groups in total. The number of hydrogen-bond acceptors (Lipinski definition) is 4. The van der Waals surface area contributed by atoms with E-state index < -0.39 is 5.41 Å². The maximum atomic E-state index is 12.9. The summed E-state index contributed by atoms with van der Waals surface area (Å²) in [6.45, 7) is 1.91. The van der Waals surface area contributed by atoms with Crippen LogP contribution in [-0.2, 0) is 4.79 Å². The summed E-state index contributed by atoms with van der Waals surface area (Å²) in [5.74, 6) is 0.747. The molecule has 1 atom stereocenters. The summed E-state index contributed by atoms with van der Waals surface area (Å²) < 4.78 is 0. The van der Waals surface area contributed by atoms with Gasteiger partial charge in [0.25, 0.3) is 5.91 Å². The Hall–Kier alpha value is -1.98. The number of benzene rings is 2. The first-order valence-electron chi connectivity index (χ1n) is 7.14. The van der Waals surface area contributed by atoms with E-state index in [1.54, 1.807) is 48.2 Å². The molecule has 0 saturated carbocycles. The summed E-state index contributed by atoms with van der Waals surface area (Å²) in [6, 6.07) is 12.2. The molecular formula is C17H13ClN2O2S. The number of phenols is 1. The van der Waals surface area contributed by atoms with E-state index in [0.29, 0.717) is 22.2 Å². The van der Waals surface area contributed by atoms with Crippen LogP contribution in [0.4, 0.5) is 5.69 Å². The molecule has 23 heavy (non-hydrogen) atoms. The highest BCUT2D eigenvalue weighted by molar-refractivity contribution is 7.99. The number of hydrogen-bond donors (Lipinski definition) is 1. The third-order valence-corrected chi connectivity index (χ3v) is 5.83. The zero-order valence-corrected chi connectivity index (χ0v) is 13.9. The molecular weight excluding hydrogens is 332 g/mol. The number of rotatable bonds is 1. The summed E-state index contributed by atoms with van der Waals surface area (Å²) >= 11 is 7.53. The maximum absolute atomic E-state index is 12.9. The van der Waals surface area contributed by atoms with Gasteiger partial charge in [0.2, 0.25) is 0 Å². The van der Waals surface area contributed by atoms with Crippen molar-refractivity contribution in [1.29, 1.82) is 0 Å². The van der Waals surface area contributed by atoms with Crippen molar-refractivity contribution in [3.63, 3.8) is 0 Å². The molecule has 4 rings (SSSR count). The van der Waals surface area contributed by atoms with Crippen LogP contribution in [0, 0.1) is 5.41 Å². The van der Waals surface area contributed by atoms with Gasteiger partial charge < -0.3 is 5.11 Å². The number of fused-ring (bicyclic) bond motifs is 3. The normalized spacial score (nSPS) is 22.6. The minimum absolute atomic E-state index is 0.0590. The Balaban J connectivity index is 1.85. The molecule has 2 aliphatic rings. The van der Waals surface area contributed by atoms with Crippen LogP contribution in [0.2, 0.25) is 5.02 Å². The summed E-state index contributed by atoms with van der Waals surface area (Å²) in [6.07, 6.45) is 0. The highest BCUT2D eigenvalue weighted by Crippen LogP contribution is 2.46. The average molecular weight is 345 g/mol. The van der Waals surface area contributed by atoms with Gasteiger partial charge in [-0.3, -0.25) is 4.79 Å². The zero-order valence-electron chi connectivity index (χ0n) is 12.3. The Labute approximate surface area is 142 Å². The van der Waals surface area contributed by atoms with Crippen LogP contribution >= 0.6 is 23.4 Å². The number of nitrogens with zero attached hydrogens (tertiary/aromatic N) is 2. The predicted octanol–water partition coefficient (Wildman–Crippen LogP) is 3.91. The second-order valence-corrected chi connectivity index (χ2v) is 7.30. The zero-order chi connectivity index (χ0) is 16.2. The fourth-order valence-electron chi connectivity index (χ4n) is 2.88. The lowest BCUT2D eigenvalue weighted by molar-refractivity contribution is -0.122. The number of carbonyl (C=O) groups excluding carboxylic acids is 1. The number of thioether (sulfide) groups is 1. The van der Waals surface area contributed by atoms with Gasteiger partial charge in [-0.15, -0.1) is 11.8 Å². The number of carbonyl (C=O) groups is 1. The van der Waals surface area contributed by atoms with Crippen LogP contribution < -0.4 is 5.01 Å². The third-order valence-electron chi connectivity index (χ3n) is 4.19. The number of phenolic OH excluding ortho intramolecular Hbond substituents is 1. The van der Waals surface area contributed by atoms with Gasteiger partial charge in [0.15, 0.2) is 0 Å². The molecule has 2 heterocycles. The van der Waals surface area contributed by atoms with Crippen molar-refractivity contribution in [1.82, 2.24) is 0 Å². The van der Waals surface area contributed by atoms with E-state index in [-0.39, 0.29) is 11.7 Å². The van der Waals surface area contributed by atoms with Crippen LogP contribution in [-0.4, -0.2) is 22.5 Å². The van der Waals surface area contributed by atoms with Crippen LogP contribution in [0.5, 0.6) is 5.75 Å². The molecule has 0 aliphatic carbocycles. The van der Waals surface area contributed by atoms with Crippen molar-refractivity contribution >= 4 is 40.7 Å². The number of halogens is 1. The highest BCUT2D eigenvalue weighted by Gasteiger charge is 2.51. The van der Waals surface area contributed by atoms with Crippen molar-refractivity contribution in [3.05, 3.63) is 53.1 Å².